The van der Waals surface area contributed by atoms with Crippen LogP contribution in [-0.2, 0) is 0 Å². The van der Waals surface area contributed by atoms with Gasteiger partial charge in [-0.1, -0.05) is 12.1 Å². The number of carbonyl (C=O) groups is 1. The number of thiophene rings is 1. The number of benzene rings is 1. The normalized spacial score (nSPS) is 17.6. The van der Waals surface area contributed by atoms with Crippen molar-refractivity contribution < 1.29 is 9.53 Å². The van der Waals surface area contributed by atoms with E-state index in [2.05, 4.69) is 27.3 Å². The molecule has 4 rings (SSSR count). The van der Waals surface area contributed by atoms with Crippen LogP contribution in [0, 0.1) is 5.92 Å². The van der Waals surface area contributed by atoms with Crippen LogP contribution in [0.3, 0.4) is 0 Å². The van der Waals surface area contributed by atoms with E-state index < -0.39 is 0 Å². The topological polar surface area (TPSA) is 54.5 Å². The molecule has 6 heteroatoms. The van der Waals surface area contributed by atoms with Gasteiger partial charge in [0.05, 0.1) is 23.7 Å². The average Bonchev–Trinajstić information content (AvgIpc) is 3.33. The van der Waals surface area contributed by atoms with Gasteiger partial charge in [0.2, 0.25) is 0 Å². The highest BCUT2D eigenvalue weighted by atomic mass is 32.1. The van der Waals surface area contributed by atoms with Crippen molar-refractivity contribution in [3.05, 3.63) is 76.7 Å². The highest BCUT2D eigenvalue weighted by Gasteiger charge is 2.31. The third-order valence-corrected chi connectivity index (χ3v) is 6.27. The quantitative estimate of drug-likeness (QED) is 0.652. The minimum absolute atomic E-state index is 0.0303. The molecule has 150 valence electrons. The maximum Gasteiger partial charge on any atom is 0.261 e. The van der Waals surface area contributed by atoms with Crippen molar-refractivity contribution in [1.82, 2.24) is 10.3 Å². The average molecular weight is 408 g/mol. The summed E-state index contributed by atoms with van der Waals surface area (Å²) in [5.74, 6) is 1.11. The van der Waals surface area contributed by atoms with Crippen LogP contribution in [0.25, 0.3) is 0 Å². The summed E-state index contributed by atoms with van der Waals surface area (Å²) in [6.45, 7) is 1.88. The maximum absolute atomic E-state index is 12.8. The van der Waals surface area contributed by atoms with Crippen LogP contribution in [0.4, 0.5) is 5.69 Å². The number of amides is 1. The number of rotatable bonds is 6. The fourth-order valence-corrected chi connectivity index (χ4v) is 4.55. The van der Waals surface area contributed by atoms with Crippen molar-refractivity contribution in [2.45, 2.75) is 18.9 Å². The molecule has 1 saturated heterocycles. The van der Waals surface area contributed by atoms with Gasteiger partial charge in [-0.2, -0.15) is 0 Å². The summed E-state index contributed by atoms with van der Waals surface area (Å²) in [7, 11) is 1.68. The fraction of sp³-hybridized carbons (Fsp3) is 0.304. The zero-order chi connectivity index (χ0) is 20.1. The molecular weight excluding hydrogens is 382 g/mol. The third-order valence-electron chi connectivity index (χ3n) is 5.40. The molecule has 1 N–H and O–H groups in total. The predicted molar refractivity (Wildman–Crippen MR) is 117 cm³/mol. The highest BCUT2D eigenvalue weighted by molar-refractivity contribution is 7.12. The maximum atomic E-state index is 12.8. The first-order valence-electron chi connectivity index (χ1n) is 9.89. The summed E-state index contributed by atoms with van der Waals surface area (Å²) in [4.78, 5) is 20.5. The Bertz CT molecular complexity index is 913. The fourth-order valence-electron chi connectivity index (χ4n) is 3.92. The number of piperidine rings is 1. The number of carbonyl (C=O) groups excluding carboxylic acids is 1. The van der Waals surface area contributed by atoms with Gasteiger partial charge in [-0.25, -0.2) is 0 Å². The van der Waals surface area contributed by atoms with Gasteiger partial charge >= 0.3 is 0 Å². The first-order chi connectivity index (χ1) is 14.2. The molecule has 1 aliphatic rings. The Morgan fingerprint density at radius 3 is 2.76 bits per heavy atom. The van der Waals surface area contributed by atoms with Gasteiger partial charge in [-0.15, -0.1) is 11.3 Å². The second-order valence-corrected chi connectivity index (χ2v) is 8.18. The molecule has 1 fully saturated rings. The Morgan fingerprint density at radius 2 is 2.07 bits per heavy atom. The number of pyridine rings is 1. The Morgan fingerprint density at radius 1 is 1.21 bits per heavy atom. The first kappa shape index (κ1) is 19.5. The van der Waals surface area contributed by atoms with Crippen molar-refractivity contribution in [1.29, 1.82) is 0 Å². The third kappa shape index (κ3) is 4.59. The molecule has 2 aromatic heterocycles. The molecule has 0 saturated carbocycles. The van der Waals surface area contributed by atoms with Gasteiger partial charge in [0, 0.05) is 30.9 Å². The molecule has 0 bridgehead atoms. The smallest absolute Gasteiger partial charge is 0.261 e. The van der Waals surface area contributed by atoms with Gasteiger partial charge in [0.15, 0.2) is 0 Å². The molecule has 3 aromatic rings. The summed E-state index contributed by atoms with van der Waals surface area (Å²) in [5.41, 5.74) is 2.10. The lowest BCUT2D eigenvalue weighted by Gasteiger charge is -2.38. The molecule has 3 heterocycles. The monoisotopic (exact) mass is 407 g/mol. The van der Waals surface area contributed by atoms with E-state index in [9.17, 15) is 4.79 Å². The van der Waals surface area contributed by atoms with Crippen LogP contribution >= 0.6 is 11.3 Å². The molecule has 1 aromatic carbocycles. The molecule has 29 heavy (non-hydrogen) atoms. The van der Waals surface area contributed by atoms with E-state index in [1.54, 1.807) is 13.3 Å². The van der Waals surface area contributed by atoms with Crippen molar-refractivity contribution >= 4 is 22.9 Å². The molecule has 1 aliphatic heterocycles. The lowest BCUT2D eigenvalue weighted by molar-refractivity contribution is 0.0920. The molecule has 0 aliphatic carbocycles. The van der Waals surface area contributed by atoms with E-state index >= 15 is 0 Å². The number of hydrogen-bond donors (Lipinski definition) is 1. The number of ether oxygens (including phenoxy) is 1. The molecule has 2 atom stereocenters. The largest absolute Gasteiger partial charge is 0.497 e. The van der Waals surface area contributed by atoms with Gasteiger partial charge in [0.1, 0.15) is 5.75 Å². The summed E-state index contributed by atoms with van der Waals surface area (Å²) >= 11 is 1.46. The lowest BCUT2D eigenvalue weighted by atomic mass is 9.88. The number of aromatic nitrogens is 1. The van der Waals surface area contributed by atoms with Crippen LogP contribution < -0.4 is 15.0 Å². The van der Waals surface area contributed by atoms with Crippen molar-refractivity contribution in [2.24, 2.45) is 5.92 Å². The number of nitrogens with zero attached hydrogens (tertiary/aromatic N) is 2. The van der Waals surface area contributed by atoms with Gasteiger partial charge < -0.3 is 15.0 Å². The number of hydrogen-bond acceptors (Lipinski definition) is 5. The number of anilines is 1. The Kier molecular flexibility index (Phi) is 6.10. The zero-order valence-corrected chi connectivity index (χ0v) is 17.3. The minimum atomic E-state index is -0.119. The zero-order valence-electron chi connectivity index (χ0n) is 16.5. The molecule has 1 amide bonds. The van der Waals surface area contributed by atoms with E-state index in [-0.39, 0.29) is 17.9 Å². The molecule has 0 unspecified atom stereocenters. The van der Waals surface area contributed by atoms with E-state index in [0.29, 0.717) is 0 Å². The molecule has 5 nitrogen and oxygen atoms in total. The van der Waals surface area contributed by atoms with Gasteiger partial charge in [-0.3, -0.25) is 9.78 Å². The van der Waals surface area contributed by atoms with Crippen LogP contribution in [0.2, 0.25) is 0 Å². The van der Waals surface area contributed by atoms with E-state index in [4.69, 9.17) is 4.74 Å². The first-order valence-corrected chi connectivity index (χ1v) is 10.8. The summed E-state index contributed by atoms with van der Waals surface area (Å²) in [6.07, 6.45) is 3.93. The summed E-state index contributed by atoms with van der Waals surface area (Å²) < 4.78 is 5.28. The van der Waals surface area contributed by atoms with E-state index in [0.717, 1.165) is 42.3 Å². The van der Waals surface area contributed by atoms with Crippen LogP contribution in [0.15, 0.2) is 66.2 Å². The predicted octanol–water partition coefficient (Wildman–Crippen LogP) is 4.54. The lowest BCUT2D eigenvalue weighted by Crippen LogP contribution is -2.43. The summed E-state index contributed by atoms with van der Waals surface area (Å²) in [5, 5.41) is 5.19. The van der Waals surface area contributed by atoms with Crippen molar-refractivity contribution in [3.8, 4) is 5.75 Å². The second kappa shape index (κ2) is 9.09. The summed E-state index contributed by atoms with van der Waals surface area (Å²) in [6, 6.07) is 17.7. The number of nitrogens with one attached hydrogen (secondary N) is 1. The van der Waals surface area contributed by atoms with Crippen LogP contribution in [-0.4, -0.2) is 31.1 Å². The SMILES string of the molecule is COc1ccc(N2CCC[C@@H]([C@@H](NC(=O)c3cccs3)c3ccccn3)C2)cc1. The second-order valence-electron chi connectivity index (χ2n) is 7.23. The number of methoxy groups -OCH3 is 1. The van der Waals surface area contributed by atoms with E-state index in [1.165, 1.54) is 17.0 Å². The van der Waals surface area contributed by atoms with Crippen molar-refractivity contribution in [3.63, 3.8) is 0 Å². The Balaban J connectivity index is 1.55. The van der Waals surface area contributed by atoms with Gasteiger partial charge in [0.25, 0.3) is 5.91 Å². The van der Waals surface area contributed by atoms with Gasteiger partial charge in [-0.05, 0) is 60.7 Å². The Hall–Kier alpha value is -2.86. The van der Waals surface area contributed by atoms with Crippen LogP contribution in [0.5, 0.6) is 5.75 Å². The highest BCUT2D eigenvalue weighted by Crippen LogP contribution is 2.32. The minimum Gasteiger partial charge on any atom is -0.497 e. The van der Waals surface area contributed by atoms with E-state index in [1.807, 2.05) is 47.8 Å². The molecule has 0 radical (unpaired) electrons. The molecule has 0 spiro atoms. The van der Waals surface area contributed by atoms with Crippen molar-refractivity contribution in [2.75, 3.05) is 25.1 Å². The van der Waals surface area contributed by atoms with Crippen LogP contribution in [0.1, 0.15) is 34.2 Å². The Labute approximate surface area is 175 Å². The molecular formula is C23H25N3O2S. The standard InChI is InChI=1S/C23H25N3O2S/c1-28-19-11-9-18(10-12-19)26-14-4-6-17(16-26)22(20-7-2-3-13-24-20)25-23(27)21-8-5-15-29-21/h2-3,5,7-13,15,17,22H,4,6,14,16H2,1H3,(H,25,27)/t17-,22-/m1/s1.